The van der Waals surface area contributed by atoms with Gasteiger partial charge in [0.1, 0.15) is 0 Å². The van der Waals surface area contributed by atoms with E-state index < -0.39 is 0 Å². The van der Waals surface area contributed by atoms with Crippen LogP contribution in [0.4, 0.5) is 0 Å². The van der Waals surface area contributed by atoms with Gasteiger partial charge in [-0.3, -0.25) is 4.79 Å². The maximum absolute atomic E-state index is 12.0. The number of carbonyl (C=O) groups is 1. The van der Waals surface area contributed by atoms with E-state index in [0.717, 1.165) is 18.3 Å². The molecule has 0 radical (unpaired) electrons. The van der Waals surface area contributed by atoms with E-state index in [9.17, 15) is 4.79 Å². The molecule has 4 aliphatic carbocycles. The van der Waals surface area contributed by atoms with Crippen LogP contribution in [-0.4, -0.2) is 5.78 Å². The van der Waals surface area contributed by atoms with E-state index in [1.54, 1.807) is 0 Å². The monoisotopic (exact) mass is 232 g/mol. The Balaban J connectivity index is 1.99. The highest BCUT2D eigenvalue weighted by molar-refractivity contribution is 5.96. The number of hydrogen-bond donors (Lipinski definition) is 0. The predicted octanol–water partition coefficient (Wildman–Crippen LogP) is 3.98. The van der Waals surface area contributed by atoms with Crippen molar-refractivity contribution in [2.24, 2.45) is 28.6 Å². The summed E-state index contributed by atoms with van der Waals surface area (Å²) >= 11 is 0. The first-order chi connectivity index (χ1) is 7.91. The minimum Gasteiger partial charge on any atom is -0.295 e. The van der Waals surface area contributed by atoms with Gasteiger partial charge < -0.3 is 0 Å². The molecule has 4 aliphatic rings. The zero-order chi connectivity index (χ0) is 12.4. The van der Waals surface area contributed by atoms with Gasteiger partial charge in [-0.05, 0) is 61.3 Å². The Morgan fingerprint density at radius 1 is 1.35 bits per heavy atom. The Hall–Kier alpha value is -0.590. The average Bonchev–Trinajstić information content (AvgIpc) is 2.23. The molecule has 94 valence electrons. The third kappa shape index (κ3) is 1.18. The highest BCUT2D eigenvalue weighted by atomic mass is 16.1. The average molecular weight is 232 g/mol. The molecule has 0 aromatic heterocycles. The van der Waals surface area contributed by atoms with E-state index in [-0.39, 0.29) is 0 Å². The summed E-state index contributed by atoms with van der Waals surface area (Å²) in [5.74, 6) is 2.41. The number of fused-ring (bicyclic) bond motifs is 1. The van der Waals surface area contributed by atoms with E-state index >= 15 is 0 Å². The fourth-order valence-electron chi connectivity index (χ4n) is 4.98. The minimum atomic E-state index is 0.300. The van der Waals surface area contributed by atoms with Crippen molar-refractivity contribution < 1.29 is 4.79 Å². The maximum Gasteiger partial charge on any atom is 0.159 e. The fraction of sp³-hybridized carbons (Fsp3) is 0.812. The van der Waals surface area contributed by atoms with Crippen molar-refractivity contribution in [3.8, 4) is 0 Å². The lowest BCUT2D eigenvalue weighted by Gasteiger charge is -2.69. The summed E-state index contributed by atoms with van der Waals surface area (Å²) in [7, 11) is 0. The molecule has 2 bridgehead atoms. The van der Waals surface area contributed by atoms with E-state index in [2.05, 4.69) is 27.7 Å². The Morgan fingerprint density at radius 2 is 2.06 bits per heavy atom. The molecule has 4 atom stereocenters. The van der Waals surface area contributed by atoms with E-state index in [0.29, 0.717) is 22.5 Å². The van der Waals surface area contributed by atoms with Crippen molar-refractivity contribution in [2.45, 2.75) is 53.4 Å². The standard InChI is InChI=1S/C16H24O/c1-10(2)12-5-6-15(4)13-9-16(15,8-12)11(3)7-14(13)17/h7,10,12-13H,5-6,8-9H2,1-4H3. The molecule has 0 aromatic carbocycles. The van der Waals surface area contributed by atoms with Gasteiger partial charge in [-0.15, -0.1) is 0 Å². The molecular formula is C16H24O. The smallest absolute Gasteiger partial charge is 0.159 e. The Morgan fingerprint density at radius 3 is 2.65 bits per heavy atom. The van der Waals surface area contributed by atoms with Gasteiger partial charge in [-0.2, -0.15) is 0 Å². The summed E-state index contributed by atoms with van der Waals surface area (Å²) < 4.78 is 0. The van der Waals surface area contributed by atoms with Crippen molar-refractivity contribution in [2.75, 3.05) is 0 Å². The van der Waals surface area contributed by atoms with Crippen molar-refractivity contribution in [1.29, 1.82) is 0 Å². The zero-order valence-corrected chi connectivity index (χ0v) is 11.5. The maximum atomic E-state index is 12.0. The molecule has 1 nitrogen and oxygen atoms in total. The van der Waals surface area contributed by atoms with Crippen LogP contribution in [0.25, 0.3) is 0 Å². The van der Waals surface area contributed by atoms with Crippen LogP contribution in [0.3, 0.4) is 0 Å². The second-order valence-corrected chi connectivity index (χ2v) is 7.23. The molecule has 4 rings (SSSR count). The van der Waals surface area contributed by atoms with Gasteiger partial charge in [0.15, 0.2) is 5.78 Å². The molecule has 4 unspecified atom stereocenters. The molecule has 0 aromatic rings. The summed E-state index contributed by atoms with van der Waals surface area (Å²) in [6.07, 6.45) is 7.02. The Kier molecular flexibility index (Phi) is 2.19. The molecule has 2 fully saturated rings. The van der Waals surface area contributed by atoms with Crippen molar-refractivity contribution in [3.05, 3.63) is 11.6 Å². The lowest BCUT2D eigenvalue weighted by atomic mass is 9.34. The second kappa shape index (κ2) is 3.24. The summed E-state index contributed by atoms with van der Waals surface area (Å²) in [6.45, 7) is 9.29. The van der Waals surface area contributed by atoms with Gasteiger partial charge in [-0.1, -0.05) is 26.3 Å². The molecule has 2 saturated carbocycles. The largest absolute Gasteiger partial charge is 0.295 e. The number of carbonyl (C=O) groups excluding carboxylic acids is 1. The van der Waals surface area contributed by atoms with E-state index in [1.807, 2.05) is 6.08 Å². The van der Waals surface area contributed by atoms with Crippen molar-refractivity contribution >= 4 is 5.78 Å². The number of ketones is 1. The lowest BCUT2D eigenvalue weighted by Crippen LogP contribution is -2.64. The number of hydrogen-bond acceptors (Lipinski definition) is 1. The quantitative estimate of drug-likeness (QED) is 0.668. The van der Waals surface area contributed by atoms with Crippen LogP contribution in [0.15, 0.2) is 11.6 Å². The molecule has 1 heteroatoms. The molecule has 17 heavy (non-hydrogen) atoms. The predicted molar refractivity (Wildman–Crippen MR) is 69.6 cm³/mol. The number of rotatable bonds is 1. The van der Waals surface area contributed by atoms with Crippen molar-refractivity contribution in [1.82, 2.24) is 0 Å². The van der Waals surface area contributed by atoms with Gasteiger partial charge >= 0.3 is 0 Å². The Labute approximate surface area is 105 Å². The molecule has 0 N–H and O–H groups in total. The van der Waals surface area contributed by atoms with E-state index in [1.165, 1.54) is 24.8 Å². The third-order valence-electron chi connectivity index (χ3n) is 6.46. The molecule has 0 heterocycles. The summed E-state index contributed by atoms with van der Waals surface area (Å²) in [5.41, 5.74) is 2.07. The third-order valence-corrected chi connectivity index (χ3v) is 6.46. The second-order valence-electron chi connectivity index (χ2n) is 7.23. The first-order valence-electron chi connectivity index (χ1n) is 7.13. The zero-order valence-electron chi connectivity index (χ0n) is 11.5. The minimum absolute atomic E-state index is 0.300. The van der Waals surface area contributed by atoms with Gasteiger partial charge in [0.25, 0.3) is 0 Å². The van der Waals surface area contributed by atoms with Crippen LogP contribution in [0.1, 0.15) is 53.4 Å². The first-order valence-corrected chi connectivity index (χ1v) is 7.13. The molecule has 0 aliphatic heterocycles. The van der Waals surface area contributed by atoms with E-state index in [4.69, 9.17) is 0 Å². The van der Waals surface area contributed by atoms with Crippen molar-refractivity contribution in [3.63, 3.8) is 0 Å². The van der Waals surface area contributed by atoms with Crippen LogP contribution >= 0.6 is 0 Å². The van der Waals surface area contributed by atoms with Gasteiger partial charge in [0, 0.05) is 5.92 Å². The molecule has 0 amide bonds. The highest BCUT2D eigenvalue weighted by Crippen LogP contribution is 2.73. The Bertz CT molecular complexity index is 406. The van der Waals surface area contributed by atoms with Crippen LogP contribution in [0, 0.1) is 28.6 Å². The van der Waals surface area contributed by atoms with Gasteiger partial charge in [0.2, 0.25) is 0 Å². The SMILES string of the molecule is CC1=CC(=O)C2CC13CC(C(C)C)CCC23C. The van der Waals surface area contributed by atoms with Crippen LogP contribution in [0.5, 0.6) is 0 Å². The van der Waals surface area contributed by atoms with Crippen LogP contribution < -0.4 is 0 Å². The molecular weight excluding hydrogens is 208 g/mol. The van der Waals surface area contributed by atoms with Crippen LogP contribution in [-0.2, 0) is 4.79 Å². The normalized spacial score (nSPS) is 48.5. The van der Waals surface area contributed by atoms with Gasteiger partial charge in [0.05, 0.1) is 0 Å². The summed E-state index contributed by atoms with van der Waals surface area (Å²) in [5, 5.41) is 0. The number of allylic oxidation sites excluding steroid dienone is 2. The molecule has 0 saturated heterocycles. The molecule has 1 spiro atoms. The lowest BCUT2D eigenvalue weighted by molar-refractivity contribution is -0.176. The fourth-order valence-corrected chi connectivity index (χ4v) is 4.98. The first kappa shape index (κ1) is 11.5. The summed E-state index contributed by atoms with van der Waals surface area (Å²) in [4.78, 5) is 12.0. The highest BCUT2D eigenvalue weighted by Gasteiger charge is 2.68. The summed E-state index contributed by atoms with van der Waals surface area (Å²) in [6, 6.07) is 0. The topological polar surface area (TPSA) is 17.1 Å². The van der Waals surface area contributed by atoms with Crippen LogP contribution in [0.2, 0.25) is 0 Å². The van der Waals surface area contributed by atoms with Gasteiger partial charge in [-0.25, -0.2) is 0 Å².